The van der Waals surface area contributed by atoms with Crippen molar-refractivity contribution in [3.8, 4) is 16.9 Å². The number of aliphatic carboxylic acids is 1. The van der Waals surface area contributed by atoms with Gasteiger partial charge in [-0.1, -0.05) is 12.1 Å². The Hall–Kier alpha value is -2.65. The molecular weight excluding hydrogens is 382 g/mol. The van der Waals surface area contributed by atoms with Crippen molar-refractivity contribution in [3.05, 3.63) is 53.3 Å². The van der Waals surface area contributed by atoms with Crippen molar-refractivity contribution in [1.29, 1.82) is 0 Å². The molecule has 9 heteroatoms. The maximum Gasteiger partial charge on any atom is 0.490 e. The zero-order valence-electron chi connectivity index (χ0n) is 15.0. The second kappa shape index (κ2) is 9.52. The smallest absolute Gasteiger partial charge is 0.490 e. The minimum Gasteiger partial charge on any atom is -0.490 e. The van der Waals surface area contributed by atoms with E-state index in [1.807, 2.05) is 0 Å². The van der Waals surface area contributed by atoms with Crippen molar-refractivity contribution in [2.24, 2.45) is 0 Å². The molecule has 0 bridgehead atoms. The van der Waals surface area contributed by atoms with Crippen LogP contribution >= 0.6 is 0 Å². The van der Waals surface area contributed by atoms with Crippen LogP contribution in [0.15, 0.2) is 36.4 Å². The molecule has 2 N–H and O–H groups in total. The lowest BCUT2D eigenvalue weighted by molar-refractivity contribution is -0.192. The Balaban J connectivity index is 0.000000345. The van der Waals surface area contributed by atoms with E-state index in [-0.39, 0.29) is 5.82 Å². The number of fused-ring (bicyclic) bond motifs is 1. The zero-order valence-corrected chi connectivity index (χ0v) is 15.0. The highest BCUT2D eigenvalue weighted by atomic mass is 19.4. The molecule has 0 spiro atoms. The maximum absolute atomic E-state index is 13.5. The number of carboxylic acids is 1. The number of hydrogen-bond donors (Lipinski definition) is 2. The average Bonchev–Trinajstić information content (AvgIpc) is 3.09. The van der Waals surface area contributed by atoms with Gasteiger partial charge in [-0.15, -0.1) is 0 Å². The number of carbonyl (C=O) groups is 1. The molecule has 0 radical (unpaired) electrons. The van der Waals surface area contributed by atoms with Gasteiger partial charge in [0.25, 0.3) is 0 Å². The van der Waals surface area contributed by atoms with E-state index in [4.69, 9.17) is 19.4 Å². The molecular formula is C19H19F4NO4. The van der Waals surface area contributed by atoms with Gasteiger partial charge in [0.05, 0.1) is 6.61 Å². The van der Waals surface area contributed by atoms with Gasteiger partial charge in [-0.2, -0.15) is 13.2 Å². The Morgan fingerprint density at radius 3 is 2.43 bits per heavy atom. The molecule has 1 heterocycles. The standard InChI is InChI=1S/C17H18FNO2.C2HF3O2/c1-20-6-7-21-17-9-15(18)4-5-16(17)12-2-3-13-10-19-11-14(13)8-12;3-2(4,5)1(6)7/h2-5,8-9,19H,6-7,10-11H2,1H3;(H,6,7). The van der Waals surface area contributed by atoms with E-state index in [0.29, 0.717) is 19.0 Å². The number of methoxy groups -OCH3 is 1. The molecule has 0 atom stereocenters. The molecule has 0 unspecified atom stereocenters. The Labute approximate surface area is 158 Å². The number of halogens is 4. The summed E-state index contributed by atoms with van der Waals surface area (Å²) < 4.78 is 55.8. The van der Waals surface area contributed by atoms with E-state index in [1.165, 1.54) is 23.3 Å². The molecule has 1 aliphatic rings. The first-order valence-electron chi connectivity index (χ1n) is 8.26. The van der Waals surface area contributed by atoms with Crippen molar-refractivity contribution < 1.29 is 36.9 Å². The monoisotopic (exact) mass is 401 g/mol. The van der Waals surface area contributed by atoms with Crippen LogP contribution in [0.2, 0.25) is 0 Å². The zero-order chi connectivity index (χ0) is 20.7. The molecule has 0 fully saturated rings. The number of nitrogens with one attached hydrogen (secondary N) is 1. The van der Waals surface area contributed by atoms with Crippen molar-refractivity contribution >= 4 is 5.97 Å². The molecule has 2 aromatic carbocycles. The second-order valence-corrected chi connectivity index (χ2v) is 5.87. The number of hydrogen-bond acceptors (Lipinski definition) is 4. The third kappa shape index (κ3) is 5.93. The minimum atomic E-state index is -5.08. The lowest BCUT2D eigenvalue weighted by Gasteiger charge is -2.12. The third-order valence-electron chi connectivity index (χ3n) is 3.88. The summed E-state index contributed by atoms with van der Waals surface area (Å²) in [6.45, 7) is 2.67. The fourth-order valence-electron chi connectivity index (χ4n) is 2.55. The van der Waals surface area contributed by atoms with Gasteiger partial charge in [0.15, 0.2) is 0 Å². The van der Waals surface area contributed by atoms with Crippen LogP contribution in [0.1, 0.15) is 11.1 Å². The first kappa shape index (κ1) is 21.6. The first-order valence-corrected chi connectivity index (χ1v) is 8.26. The Morgan fingerprint density at radius 1 is 1.11 bits per heavy atom. The highest BCUT2D eigenvalue weighted by Gasteiger charge is 2.38. The van der Waals surface area contributed by atoms with E-state index in [1.54, 1.807) is 13.2 Å². The normalized spacial score (nSPS) is 12.8. The molecule has 0 aliphatic carbocycles. The van der Waals surface area contributed by atoms with Crippen molar-refractivity contribution in [2.45, 2.75) is 19.3 Å². The lowest BCUT2D eigenvalue weighted by atomic mass is 10.00. The van der Waals surface area contributed by atoms with Crippen LogP contribution in [0, 0.1) is 5.82 Å². The summed E-state index contributed by atoms with van der Waals surface area (Å²) in [4.78, 5) is 8.90. The number of carboxylic acid groups (broad SMARTS) is 1. The van der Waals surface area contributed by atoms with Crippen molar-refractivity contribution in [2.75, 3.05) is 20.3 Å². The van der Waals surface area contributed by atoms with Crippen LogP contribution in [-0.2, 0) is 22.6 Å². The number of ether oxygens (including phenoxy) is 2. The van der Waals surface area contributed by atoms with Crippen LogP contribution in [0.5, 0.6) is 5.75 Å². The minimum absolute atomic E-state index is 0.297. The molecule has 28 heavy (non-hydrogen) atoms. The van der Waals surface area contributed by atoms with E-state index >= 15 is 0 Å². The molecule has 3 rings (SSSR count). The quantitative estimate of drug-likeness (QED) is 0.590. The van der Waals surface area contributed by atoms with Gasteiger partial charge >= 0.3 is 12.1 Å². The van der Waals surface area contributed by atoms with Crippen LogP contribution in [0.25, 0.3) is 11.1 Å². The van der Waals surface area contributed by atoms with Gasteiger partial charge in [0, 0.05) is 31.8 Å². The first-order chi connectivity index (χ1) is 13.2. The summed E-state index contributed by atoms with van der Waals surface area (Å²) in [5.41, 5.74) is 4.56. The predicted octanol–water partition coefficient (Wildman–Crippen LogP) is 3.75. The van der Waals surface area contributed by atoms with Gasteiger partial charge in [0.2, 0.25) is 0 Å². The molecule has 0 amide bonds. The largest absolute Gasteiger partial charge is 0.490 e. The topological polar surface area (TPSA) is 67.8 Å². The molecule has 0 aromatic heterocycles. The average molecular weight is 401 g/mol. The Kier molecular flexibility index (Phi) is 7.36. The fraction of sp³-hybridized carbons (Fsp3) is 0.316. The van der Waals surface area contributed by atoms with Gasteiger partial charge < -0.3 is 19.9 Å². The molecule has 2 aromatic rings. The number of benzene rings is 2. The van der Waals surface area contributed by atoms with Crippen LogP contribution < -0.4 is 10.1 Å². The summed E-state index contributed by atoms with van der Waals surface area (Å²) in [6.07, 6.45) is -5.08. The summed E-state index contributed by atoms with van der Waals surface area (Å²) in [5, 5.41) is 10.4. The van der Waals surface area contributed by atoms with E-state index in [2.05, 4.69) is 23.5 Å². The summed E-state index contributed by atoms with van der Waals surface area (Å²) in [6, 6.07) is 11.0. The van der Waals surface area contributed by atoms with Crippen LogP contribution in [-0.4, -0.2) is 37.6 Å². The predicted molar refractivity (Wildman–Crippen MR) is 93.4 cm³/mol. The molecule has 5 nitrogen and oxygen atoms in total. The fourth-order valence-corrected chi connectivity index (χ4v) is 2.55. The van der Waals surface area contributed by atoms with E-state index < -0.39 is 12.1 Å². The van der Waals surface area contributed by atoms with Gasteiger partial charge in [-0.3, -0.25) is 0 Å². The Bertz CT molecular complexity index is 824. The van der Waals surface area contributed by atoms with Gasteiger partial charge in [0.1, 0.15) is 18.2 Å². The lowest BCUT2D eigenvalue weighted by Crippen LogP contribution is -2.21. The maximum atomic E-state index is 13.5. The van der Waals surface area contributed by atoms with Crippen molar-refractivity contribution in [3.63, 3.8) is 0 Å². The van der Waals surface area contributed by atoms with Crippen LogP contribution in [0.4, 0.5) is 17.6 Å². The van der Waals surface area contributed by atoms with Gasteiger partial charge in [-0.25, -0.2) is 9.18 Å². The number of rotatable bonds is 5. The second-order valence-electron chi connectivity index (χ2n) is 5.87. The molecule has 152 valence electrons. The van der Waals surface area contributed by atoms with Crippen molar-refractivity contribution in [1.82, 2.24) is 5.32 Å². The molecule has 0 saturated carbocycles. The van der Waals surface area contributed by atoms with Gasteiger partial charge in [-0.05, 0) is 34.9 Å². The summed E-state index contributed by atoms with van der Waals surface area (Å²) in [5.74, 6) is -2.50. The third-order valence-corrected chi connectivity index (χ3v) is 3.88. The molecule has 0 saturated heterocycles. The Morgan fingerprint density at radius 2 is 1.79 bits per heavy atom. The van der Waals surface area contributed by atoms with Crippen LogP contribution in [0.3, 0.4) is 0 Å². The van der Waals surface area contributed by atoms with E-state index in [0.717, 1.165) is 24.2 Å². The SMILES string of the molecule is COCCOc1cc(F)ccc1-c1ccc2c(c1)CNC2.O=C(O)C(F)(F)F. The highest BCUT2D eigenvalue weighted by Crippen LogP contribution is 2.33. The highest BCUT2D eigenvalue weighted by molar-refractivity contribution is 5.73. The molecule has 1 aliphatic heterocycles. The number of alkyl halides is 3. The summed E-state index contributed by atoms with van der Waals surface area (Å²) in [7, 11) is 1.61. The van der Waals surface area contributed by atoms with E-state index in [9.17, 15) is 17.6 Å². The summed E-state index contributed by atoms with van der Waals surface area (Å²) >= 11 is 0.